The maximum absolute atomic E-state index is 14.4. The molecule has 0 fully saturated rings. The lowest BCUT2D eigenvalue weighted by Crippen LogP contribution is -2.33. The lowest BCUT2D eigenvalue weighted by Gasteiger charge is -2.20. The van der Waals surface area contributed by atoms with E-state index in [1.807, 2.05) is 48.9 Å². The van der Waals surface area contributed by atoms with Crippen LogP contribution in [0.1, 0.15) is 19.4 Å². The van der Waals surface area contributed by atoms with Gasteiger partial charge >= 0.3 is 6.09 Å². The van der Waals surface area contributed by atoms with E-state index < -0.39 is 17.7 Å². The van der Waals surface area contributed by atoms with Crippen molar-refractivity contribution in [3.8, 4) is 28.4 Å². The van der Waals surface area contributed by atoms with Gasteiger partial charge in [0, 0.05) is 47.4 Å². The second-order valence-electron chi connectivity index (χ2n) is 8.16. The average Bonchev–Trinajstić information content (AvgIpc) is 3.28. The largest absolute Gasteiger partial charge is 0.493 e. The highest BCUT2D eigenvalue weighted by Gasteiger charge is 2.20. The third kappa shape index (κ3) is 4.84. The first-order valence-electron chi connectivity index (χ1n) is 11.6. The van der Waals surface area contributed by atoms with E-state index in [-0.39, 0.29) is 6.54 Å². The average molecular weight is 495 g/mol. The molecule has 0 N–H and O–H groups in total. The van der Waals surface area contributed by atoms with Gasteiger partial charge in [-0.1, -0.05) is 12.1 Å². The van der Waals surface area contributed by atoms with Crippen molar-refractivity contribution < 1.29 is 27.8 Å². The number of ether oxygens (including phenoxy) is 3. The van der Waals surface area contributed by atoms with Crippen molar-refractivity contribution >= 4 is 17.0 Å². The first-order chi connectivity index (χ1) is 17.4. The van der Waals surface area contributed by atoms with Gasteiger partial charge in [0.2, 0.25) is 0 Å². The van der Waals surface area contributed by atoms with E-state index in [9.17, 15) is 13.6 Å². The Morgan fingerprint density at radius 2 is 1.61 bits per heavy atom. The molecule has 4 aromatic rings. The Morgan fingerprint density at radius 3 is 2.28 bits per heavy atom. The molecule has 0 saturated carbocycles. The van der Waals surface area contributed by atoms with E-state index in [2.05, 4.69) is 0 Å². The standard InChI is InChI=1S/C28H28F2N2O4/c1-5-31(6-2)28(33)36-25-12-10-23-21(27(25)18-8-11-24(34-3)26(15-18)35-4)13-14-32(23)17-19-7-9-20(29)16-22(19)30/h7-16H,5-6,17H2,1-4H3. The number of fused-ring (bicyclic) bond motifs is 1. The van der Waals surface area contributed by atoms with Crippen molar-refractivity contribution in [2.45, 2.75) is 20.4 Å². The van der Waals surface area contributed by atoms with Gasteiger partial charge in [0.25, 0.3) is 0 Å². The van der Waals surface area contributed by atoms with Crippen LogP contribution in [0.3, 0.4) is 0 Å². The van der Waals surface area contributed by atoms with Crippen LogP contribution in [0.15, 0.2) is 60.8 Å². The SMILES string of the molecule is CCN(CC)C(=O)Oc1ccc2c(ccn2Cc2ccc(F)cc2F)c1-c1ccc(OC)c(OC)c1. The van der Waals surface area contributed by atoms with Gasteiger partial charge in [0.15, 0.2) is 11.5 Å². The van der Waals surface area contributed by atoms with Gasteiger partial charge in [-0.05, 0) is 55.8 Å². The Labute approximate surface area is 208 Å². The highest BCUT2D eigenvalue weighted by molar-refractivity contribution is 6.00. The molecule has 0 saturated heterocycles. The number of hydrogen-bond donors (Lipinski definition) is 0. The van der Waals surface area contributed by atoms with E-state index >= 15 is 0 Å². The minimum absolute atomic E-state index is 0.208. The summed E-state index contributed by atoms with van der Waals surface area (Å²) in [7, 11) is 3.11. The first kappa shape index (κ1) is 25.0. The molecule has 0 spiro atoms. The number of nitrogens with zero attached hydrogens (tertiary/aromatic N) is 2. The molecule has 8 heteroatoms. The highest BCUT2D eigenvalue weighted by atomic mass is 19.1. The number of methoxy groups -OCH3 is 2. The second kappa shape index (κ2) is 10.7. The number of hydrogen-bond acceptors (Lipinski definition) is 4. The fourth-order valence-corrected chi connectivity index (χ4v) is 4.24. The molecule has 1 heterocycles. The molecule has 0 bridgehead atoms. The van der Waals surface area contributed by atoms with Gasteiger partial charge in [-0.3, -0.25) is 0 Å². The number of benzene rings is 3. The van der Waals surface area contributed by atoms with Crippen molar-refractivity contribution in [3.05, 3.63) is 78.0 Å². The van der Waals surface area contributed by atoms with Crippen molar-refractivity contribution in [2.75, 3.05) is 27.3 Å². The zero-order chi connectivity index (χ0) is 25.8. The Kier molecular flexibility index (Phi) is 7.43. The van der Waals surface area contributed by atoms with Gasteiger partial charge in [0.05, 0.1) is 20.8 Å². The van der Waals surface area contributed by atoms with Gasteiger partial charge in [-0.2, -0.15) is 0 Å². The first-order valence-corrected chi connectivity index (χ1v) is 11.6. The zero-order valence-corrected chi connectivity index (χ0v) is 20.7. The summed E-state index contributed by atoms with van der Waals surface area (Å²) in [5.74, 6) is 0.253. The fraction of sp³-hybridized carbons (Fsp3) is 0.250. The van der Waals surface area contributed by atoms with Gasteiger partial charge < -0.3 is 23.7 Å². The molecule has 0 aliphatic rings. The molecule has 0 atom stereocenters. The minimum atomic E-state index is -0.621. The van der Waals surface area contributed by atoms with Crippen LogP contribution >= 0.6 is 0 Å². The molecule has 6 nitrogen and oxygen atoms in total. The molecule has 0 aliphatic carbocycles. The number of rotatable bonds is 8. The topological polar surface area (TPSA) is 52.9 Å². The van der Waals surface area contributed by atoms with Gasteiger partial charge in [0.1, 0.15) is 17.4 Å². The van der Waals surface area contributed by atoms with Crippen LogP contribution in [0, 0.1) is 11.6 Å². The quantitative estimate of drug-likeness (QED) is 0.281. The third-order valence-electron chi connectivity index (χ3n) is 6.16. The summed E-state index contributed by atoms with van der Waals surface area (Å²) >= 11 is 0. The smallest absolute Gasteiger partial charge is 0.415 e. The molecule has 36 heavy (non-hydrogen) atoms. The van der Waals surface area contributed by atoms with E-state index in [1.165, 1.54) is 12.1 Å². The zero-order valence-electron chi connectivity index (χ0n) is 20.7. The van der Waals surface area contributed by atoms with E-state index in [0.29, 0.717) is 41.5 Å². The van der Waals surface area contributed by atoms with Crippen LogP contribution in [-0.4, -0.2) is 42.9 Å². The minimum Gasteiger partial charge on any atom is -0.493 e. The lowest BCUT2D eigenvalue weighted by molar-refractivity contribution is 0.157. The molecule has 0 aliphatic heterocycles. The summed E-state index contributed by atoms with van der Waals surface area (Å²) < 4.78 is 46.3. The lowest BCUT2D eigenvalue weighted by atomic mass is 10.00. The summed E-state index contributed by atoms with van der Waals surface area (Å²) in [6, 6.07) is 14.5. The number of amides is 1. The van der Waals surface area contributed by atoms with Crippen LogP contribution in [0.2, 0.25) is 0 Å². The molecule has 1 aromatic heterocycles. The fourth-order valence-electron chi connectivity index (χ4n) is 4.24. The number of carbonyl (C=O) groups is 1. The Bertz CT molecular complexity index is 1400. The summed E-state index contributed by atoms with van der Waals surface area (Å²) in [4.78, 5) is 14.4. The van der Waals surface area contributed by atoms with E-state index in [0.717, 1.165) is 22.5 Å². The maximum Gasteiger partial charge on any atom is 0.415 e. The highest BCUT2D eigenvalue weighted by Crippen LogP contribution is 2.41. The van der Waals surface area contributed by atoms with Crippen LogP contribution < -0.4 is 14.2 Å². The third-order valence-corrected chi connectivity index (χ3v) is 6.16. The van der Waals surface area contributed by atoms with Crippen molar-refractivity contribution in [1.29, 1.82) is 0 Å². The van der Waals surface area contributed by atoms with Crippen molar-refractivity contribution in [1.82, 2.24) is 9.47 Å². The molecule has 0 unspecified atom stereocenters. The molecular formula is C28H28F2N2O4. The number of carbonyl (C=O) groups excluding carboxylic acids is 1. The monoisotopic (exact) mass is 494 g/mol. The van der Waals surface area contributed by atoms with Crippen LogP contribution in [0.5, 0.6) is 17.2 Å². The number of aromatic nitrogens is 1. The Morgan fingerprint density at radius 1 is 0.889 bits per heavy atom. The molecular weight excluding hydrogens is 466 g/mol. The van der Waals surface area contributed by atoms with Gasteiger partial charge in [-0.25, -0.2) is 13.6 Å². The van der Waals surface area contributed by atoms with Crippen LogP contribution in [0.25, 0.3) is 22.0 Å². The molecule has 1 amide bonds. The summed E-state index contributed by atoms with van der Waals surface area (Å²) in [6.07, 6.45) is 1.38. The molecule has 188 valence electrons. The Balaban J connectivity index is 1.85. The Hall–Kier alpha value is -4.07. The van der Waals surface area contributed by atoms with E-state index in [1.54, 1.807) is 31.3 Å². The molecule has 4 rings (SSSR count). The normalized spacial score (nSPS) is 10.9. The molecule has 0 radical (unpaired) electrons. The summed E-state index contributed by atoms with van der Waals surface area (Å²) in [5.41, 5.74) is 2.60. The second-order valence-corrected chi connectivity index (χ2v) is 8.16. The summed E-state index contributed by atoms with van der Waals surface area (Å²) in [6.45, 7) is 5.02. The maximum atomic E-state index is 14.4. The molecule has 3 aromatic carbocycles. The van der Waals surface area contributed by atoms with Gasteiger partial charge in [-0.15, -0.1) is 0 Å². The van der Waals surface area contributed by atoms with Crippen LogP contribution in [0.4, 0.5) is 13.6 Å². The van der Waals surface area contributed by atoms with Crippen molar-refractivity contribution in [3.63, 3.8) is 0 Å². The van der Waals surface area contributed by atoms with E-state index in [4.69, 9.17) is 14.2 Å². The van der Waals surface area contributed by atoms with Crippen LogP contribution in [-0.2, 0) is 6.54 Å². The summed E-state index contributed by atoms with van der Waals surface area (Å²) in [5, 5.41) is 0.801. The predicted octanol–water partition coefficient (Wildman–Crippen LogP) is 6.49. The number of halogens is 2. The van der Waals surface area contributed by atoms with Crippen molar-refractivity contribution in [2.24, 2.45) is 0 Å². The predicted molar refractivity (Wildman–Crippen MR) is 135 cm³/mol.